The molecule has 9 aromatic rings. The molecule has 0 atom stereocenters. The number of benzene rings is 8. The maximum absolute atomic E-state index is 5.03. The molecule has 0 bridgehead atoms. The Morgan fingerprint density at radius 3 is 1.25 bits per heavy atom. The van der Waals surface area contributed by atoms with Crippen LogP contribution < -0.4 is 0 Å². The van der Waals surface area contributed by atoms with Gasteiger partial charge in [0.25, 0.3) is 0 Å². The Morgan fingerprint density at radius 1 is 0.250 bits per heavy atom. The van der Waals surface area contributed by atoms with Crippen LogP contribution in [0.1, 0.15) is 38.8 Å². The molecule has 60 heavy (non-hydrogen) atoms. The van der Waals surface area contributed by atoms with E-state index in [4.69, 9.17) is 15.0 Å². The van der Waals surface area contributed by atoms with Crippen molar-refractivity contribution in [3.8, 4) is 89.8 Å². The van der Waals surface area contributed by atoms with E-state index in [1.165, 1.54) is 55.6 Å². The van der Waals surface area contributed by atoms with E-state index in [0.29, 0.717) is 17.5 Å². The molecule has 0 aliphatic heterocycles. The Kier molecular flexibility index (Phi) is 9.18. The van der Waals surface area contributed by atoms with Gasteiger partial charge in [0.05, 0.1) is 0 Å². The third-order valence-corrected chi connectivity index (χ3v) is 12.9. The predicted molar refractivity (Wildman–Crippen MR) is 249 cm³/mol. The molecule has 288 valence electrons. The topological polar surface area (TPSA) is 38.7 Å². The second-order valence-corrected chi connectivity index (χ2v) is 16.9. The first-order chi connectivity index (χ1) is 29.2. The Bertz CT molecular complexity index is 2960. The van der Waals surface area contributed by atoms with Crippen LogP contribution in [0.5, 0.6) is 0 Å². The molecule has 3 heteroatoms. The minimum atomic E-state index is -0.138. The zero-order valence-electron chi connectivity index (χ0n) is 34.4. The molecule has 1 aliphatic carbocycles. The first kappa shape index (κ1) is 37.1. The quantitative estimate of drug-likeness (QED) is 0.162. The molecular formula is C57H45N3. The number of nitrogens with zero attached hydrogens (tertiary/aromatic N) is 3. The summed E-state index contributed by atoms with van der Waals surface area (Å²) in [5.41, 5.74) is 17.5. The Hall–Kier alpha value is -7.23. The van der Waals surface area contributed by atoms with Crippen LogP contribution in [0.3, 0.4) is 0 Å². The molecule has 1 aliphatic rings. The van der Waals surface area contributed by atoms with Gasteiger partial charge in [-0.3, -0.25) is 0 Å². The average Bonchev–Trinajstić information content (AvgIpc) is 3.31. The van der Waals surface area contributed by atoms with Gasteiger partial charge in [-0.05, 0) is 102 Å². The van der Waals surface area contributed by atoms with Gasteiger partial charge in [-0.15, -0.1) is 0 Å². The van der Waals surface area contributed by atoms with Crippen LogP contribution >= 0.6 is 0 Å². The number of aromatic nitrogens is 3. The van der Waals surface area contributed by atoms with Crippen molar-refractivity contribution in [2.45, 2.75) is 38.5 Å². The number of rotatable bonds is 7. The van der Waals surface area contributed by atoms with Crippen LogP contribution in [-0.2, 0) is 10.8 Å². The van der Waals surface area contributed by atoms with Crippen molar-refractivity contribution in [2.75, 3.05) is 0 Å². The highest BCUT2D eigenvalue weighted by atomic mass is 15.0. The molecule has 8 aromatic carbocycles. The van der Waals surface area contributed by atoms with E-state index >= 15 is 0 Å². The van der Waals surface area contributed by atoms with E-state index in [2.05, 4.69) is 167 Å². The fourth-order valence-corrected chi connectivity index (χ4v) is 8.89. The molecule has 0 spiro atoms. The van der Waals surface area contributed by atoms with Crippen LogP contribution in [-0.4, -0.2) is 15.0 Å². The van der Waals surface area contributed by atoms with Crippen molar-refractivity contribution >= 4 is 0 Å². The van der Waals surface area contributed by atoms with E-state index in [-0.39, 0.29) is 10.8 Å². The molecule has 1 heterocycles. The lowest BCUT2D eigenvalue weighted by molar-refractivity contribution is 0.299. The predicted octanol–water partition coefficient (Wildman–Crippen LogP) is 14.8. The summed E-state index contributed by atoms with van der Waals surface area (Å²) in [4.78, 5) is 15.0. The summed E-state index contributed by atoms with van der Waals surface area (Å²) in [7, 11) is 0. The third-order valence-electron chi connectivity index (χ3n) is 12.9. The first-order valence-corrected chi connectivity index (χ1v) is 20.8. The molecular weight excluding hydrogens is 727 g/mol. The van der Waals surface area contributed by atoms with Crippen molar-refractivity contribution in [3.63, 3.8) is 0 Å². The zero-order chi connectivity index (χ0) is 40.8. The Labute approximate surface area is 353 Å². The second kappa shape index (κ2) is 14.9. The minimum Gasteiger partial charge on any atom is -0.208 e. The van der Waals surface area contributed by atoms with E-state index in [1.54, 1.807) is 0 Å². The normalized spacial score (nSPS) is 13.6. The molecule has 0 N–H and O–H groups in total. The minimum absolute atomic E-state index is 0.117. The lowest BCUT2D eigenvalue weighted by Gasteiger charge is -2.48. The molecule has 0 saturated carbocycles. The number of hydrogen-bond acceptors (Lipinski definition) is 3. The zero-order valence-corrected chi connectivity index (χ0v) is 34.4. The number of hydrogen-bond donors (Lipinski definition) is 0. The van der Waals surface area contributed by atoms with Gasteiger partial charge in [0.2, 0.25) is 0 Å². The van der Waals surface area contributed by atoms with Crippen LogP contribution in [0.25, 0.3) is 89.8 Å². The van der Waals surface area contributed by atoms with Crippen molar-refractivity contribution in [2.24, 2.45) is 0 Å². The van der Waals surface area contributed by atoms with Crippen molar-refractivity contribution in [3.05, 3.63) is 211 Å². The Morgan fingerprint density at radius 2 is 0.650 bits per heavy atom. The first-order valence-electron chi connectivity index (χ1n) is 20.8. The van der Waals surface area contributed by atoms with Gasteiger partial charge in [0.1, 0.15) is 0 Å². The fourth-order valence-electron chi connectivity index (χ4n) is 8.89. The summed E-state index contributed by atoms with van der Waals surface area (Å²) in [5.74, 6) is 1.95. The molecule has 0 saturated heterocycles. The van der Waals surface area contributed by atoms with Gasteiger partial charge in [-0.1, -0.05) is 204 Å². The van der Waals surface area contributed by atoms with Crippen molar-refractivity contribution < 1.29 is 0 Å². The smallest absolute Gasteiger partial charge is 0.164 e. The molecule has 3 nitrogen and oxygen atoms in total. The van der Waals surface area contributed by atoms with Crippen molar-refractivity contribution in [1.82, 2.24) is 15.0 Å². The van der Waals surface area contributed by atoms with Gasteiger partial charge in [-0.25, -0.2) is 15.0 Å². The van der Waals surface area contributed by atoms with Gasteiger partial charge >= 0.3 is 0 Å². The number of fused-ring (bicyclic) bond motifs is 3. The molecule has 0 amide bonds. The highest BCUT2D eigenvalue weighted by molar-refractivity contribution is 5.89. The largest absolute Gasteiger partial charge is 0.208 e. The summed E-state index contributed by atoms with van der Waals surface area (Å²) in [5, 5.41) is 0. The maximum atomic E-state index is 5.03. The van der Waals surface area contributed by atoms with Crippen LogP contribution in [0.2, 0.25) is 0 Å². The van der Waals surface area contributed by atoms with E-state index in [1.807, 2.05) is 60.7 Å². The molecule has 0 radical (unpaired) electrons. The lowest BCUT2D eigenvalue weighted by Crippen LogP contribution is -2.43. The molecule has 10 rings (SSSR count). The second-order valence-electron chi connectivity index (χ2n) is 16.9. The summed E-state index contributed by atoms with van der Waals surface area (Å²) >= 11 is 0. The summed E-state index contributed by atoms with van der Waals surface area (Å²) in [6.07, 6.45) is 0. The monoisotopic (exact) mass is 771 g/mol. The Balaban J connectivity index is 1.06. The van der Waals surface area contributed by atoms with E-state index in [0.717, 1.165) is 27.8 Å². The van der Waals surface area contributed by atoms with E-state index < -0.39 is 0 Å². The van der Waals surface area contributed by atoms with Gasteiger partial charge < -0.3 is 0 Å². The van der Waals surface area contributed by atoms with Gasteiger partial charge in [0.15, 0.2) is 17.5 Å². The summed E-state index contributed by atoms with van der Waals surface area (Å²) in [6.45, 7) is 9.63. The average molecular weight is 772 g/mol. The van der Waals surface area contributed by atoms with Crippen LogP contribution in [0.15, 0.2) is 200 Å². The summed E-state index contributed by atoms with van der Waals surface area (Å²) in [6, 6.07) is 71.4. The molecule has 0 unspecified atom stereocenters. The fraction of sp³-hybridized carbons (Fsp3) is 0.105. The standard InChI is InChI=1S/C57H45N3/c1-56(2)51-33-31-43(42-25-16-24-41(34-42)38-18-8-5-9-19-38)36-50(51)49-32-30-45(37-52(49)57(56,3)4)48-29-15-14-28-47(48)44-26-17-27-46(35-44)55-59-53(39-20-10-6-11-21-39)58-54(60-55)40-22-12-7-13-23-40/h5-37H,1-4H3. The highest BCUT2D eigenvalue weighted by Crippen LogP contribution is 2.55. The SMILES string of the molecule is CC1(C)c2ccc(-c3cccc(-c4ccccc4)c3)cc2-c2ccc(-c3ccccc3-c3cccc(-c4nc(-c5ccccc5)nc(-c5ccccc5)n4)c3)cc2C1(C)C. The molecule has 1 aromatic heterocycles. The van der Waals surface area contributed by atoms with Crippen LogP contribution in [0.4, 0.5) is 0 Å². The highest BCUT2D eigenvalue weighted by Gasteiger charge is 2.46. The van der Waals surface area contributed by atoms with E-state index in [9.17, 15) is 0 Å². The van der Waals surface area contributed by atoms with Gasteiger partial charge in [0, 0.05) is 16.7 Å². The molecule has 0 fully saturated rings. The van der Waals surface area contributed by atoms with Gasteiger partial charge in [-0.2, -0.15) is 0 Å². The third kappa shape index (κ3) is 6.53. The van der Waals surface area contributed by atoms with Crippen molar-refractivity contribution in [1.29, 1.82) is 0 Å². The maximum Gasteiger partial charge on any atom is 0.164 e. The lowest BCUT2D eigenvalue weighted by atomic mass is 9.55. The van der Waals surface area contributed by atoms with Crippen LogP contribution in [0, 0.1) is 0 Å². The summed E-state index contributed by atoms with van der Waals surface area (Å²) < 4.78 is 0.